The fraction of sp³-hybridized carbons (Fsp3) is 0.969. The summed E-state index contributed by atoms with van der Waals surface area (Å²) in [5.41, 5.74) is -1.63. The molecular weight excluding hydrogens is 624 g/mol. The predicted molar refractivity (Wildman–Crippen MR) is 162 cm³/mol. The zero-order chi connectivity index (χ0) is 33.5. The third kappa shape index (κ3) is 6.62. The van der Waals surface area contributed by atoms with Gasteiger partial charge in [-0.1, -0.05) is 34.6 Å². The molecule has 5 fully saturated rings. The maximum atomic E-state index is 12.4. The van der Waals surface area contributed by atoms with E-state index in [2.05, 4.69) is 34.6 Å². The van der Waals surface area contributed by atoms with Gasteiger partial charge >= 0.3 is 5.97 Å². The van der Waals surface area contributed by atoms with Crippen molar-refractivity contribution in [2.45, 2.75) is 137 Å². The van der Waals surface area contributed by atoms with Gasteiger partial charge in [-0.3, -0.25) is 13.2 Å². The zero-order valence-corrected chi connectivity index (χ0v) is 29.3. The van der Waals surface area contributed by atoms with E-state index in [0.29, 0.717) is 31.1 Å². The molecule has 13 heteroatoms. The molecule has 3 unspecified atom stereocenters. The van der Waals surface area contributed by atoms with Gasteiger partial charge in [-0.05, 0) is 123 Å². The number of carbonyl (C=O) groups excluding carboxylic acids is 1. The maximum absolute atomic E-state index is 12.4. The van der Waals surface area contributed by atoms with Crippen molar-refractivity contribution in [3.05, 3.63) is 0 Å². The fourth-order valence-corrected chi connectivity index (χ4v) is 12.8. The summed E-state index contributed by atoms with van der Waals surface area (Å²) >= 11 is 0. The first-order chi connectivity index (χ1) is 20.5. The van der Waals surface area contributed by atoms with Crippen molar-refractivity contribution < 1.29 is 48.9 Å². The predicted octanol–water partition coefficient (Wildman–Crippen LogP) is 4.70. The van der Waals surface area contributed by atoms with E-state index >= 15 is 0 Å². The quantitative estimate of drug-likeness (QED) is 0.193. The molecule has 5 rings (SSSR count). The lowest BCUT2D eigenvalue weighted by Crippen LogP contribution is -2.58. The van der Waals surface area contributed by atoms with Crippen LogP contribution in [0.5, 0.6) is 0 Å². The average Bonchev–Trinajstić information content (AvgIpc) is 3.43. The monoisotopic (exact) mass is 676 g/mol. The summed E-state index contributed by atoms with van der Waals surface area (Å²) in [4.78, 5) is 12.4. The van der Waals surface area contributed by atoms with Gasteiger partial charge in [0.05, 0.1) is 5.60 Å². The number of hydrogen-bond donors (Lipinski definition) is 1. The van der Waals surface area contributed by atoms with Crippen LogP contribution in [0, 0.1) is 57.7 Å². The molecule has 0 amide bonds. The van der Waals surface area contributed by atoms with Crippen LogP contribution in [0.4, 0.5) is 0 Å². The van der Waals surface area contributed by atoms with E-state index in [1.165, 1.54) is 6.92 Å². The summed E-state index contributed by atoms with van der Waals surface area (Å²) in [6, 6.07) is 0. The first kappa shape index (κ1) is 35.5. The molecule has 1 N–H and O–H groups in total. The van der Waals surface area contributed by atoms with Gasteiger partial charge in [-0.2, -0.15) is 0 Å². The van der Waals surface area contributed by atoms with Crippen LogP contribution in [-0.4, -0.2) is 60.9 Å². The summed E-state index contributed by atoms with van der Waals surface area (Å²) in [6.45, 7) is 14.4. The van der Waals surface area contributed by atoms with Gasteiger partial charge < -0.3 is 18.9 Å². The number of fused-ring (bicyclic) bond motifs is 5. The molecule has 5 aliphatic carbocycles. The lowest BCUT2D eigenvalue weighted by Gasteiger charge is -2.62. The van der Waals surface area contributed by atoms with Gasteiger partial charge in [0, 0.05) is 12.8 Å². The van der Waals surface area contributed by atoms with E-state index in [1.54, 1.807) is 0 Å². The molecule has 11 nitrogen and oxygen atoms in total. The molecule has 0 radical (unpaired) electrons. The van der Waals surface area contributed by atoms with Crippen molar-refractivity contribution in [1.82, 2.24) is 0 Å². The van der Waals surface area contributed by atoms with Crippen LogP contribution in [-0.2, 0) is 38.7 Å². The van der Waals surface area contributed by atoms with Gasteiger partial charge in [-0.15, -0.1) is 0 Å². The van der Waals surface area contributed by atoms with Crippen molar-refractivity contribution in [2.24, 2.45) is 57.7 Å². The Labute approximate surface area is 269 Å². The normalized spacial score (nSPS) is 46.1. The second-order valence-corrected chi connectivity index (χ2v) is 18.5. The zero-order valence-electron chi connectivity index (χ0n) is 27.7. The third-order valence-electron chi connectivity index (χ3n) is 13.9. The van der Waals surface area contributed by atoms with Crippen LogP contribution in [0.15, 0.2) is 0 Å². The Hall–Kier alpha value is -0.830. The van der Waals surface area contributed by atoms with Gasteiger partial charge in [0.2, 0.25) is 20.8 Å². The molecule has 0 aromatic rings. The SMILES string of the molecule is CC(=O)O[C@H]1C[C@H]2[C@@H]3CC[C@H]4C[C@H](OS(=O)(=O)[O-])[C@@H](OS(=O)(=O)[O-])C[C@]4(C)[C@H]3CC[C@]2(C)[C@H]1C(C)(O)CCC1(C(C)C)CC1C. The van der Waals surface area contributed by atoms with Crippen LogP contribution in [0.25, 0.3) is 0 Å². The third-order valence-corrected chi connectivity index (χ3v) is 14.8. The van der Waals surface area contributed by atoms with Crippen molar-refractivity contribution >= 4 is 26.8 Å². The summed E-state index contributed by atoms with van der Waals surface area (Å²) < 4.78 is 85.0. The van der Waals surface area contributed by atoms with Crippen LogP contribution in [0.1, 0.15) is 113 Å². The smallest absolute Gasteiger partial charge is 0.302 e. The number of aliphatic hydroxyl groups is 1. The molecule has 0 spiro atoms. The average molecular weight is 677 g/mol. The molecule has 0 aromatic carbocycles. The fourth-order valence-electron chi connectivity index (χ4n) is 11.8. The minimum absolute atomic E-state index is 0.0634. The summed E-state index contributed by atoms with van der Waals surface area (Å²) in [5.74, 6) is 0.858. The van der Waals surface area contributed by atoms with Gasteiger partial charge in [0.25, 0.3) is 0 Å². The largest absolute Gasteiger partial charge is 0.726 e. The van der Waals surface area contributed by atoms with E-state index < -0.39 is 50.1 Å². The van der Waals surface area contributed by atoms with Crippen LogP contribution < -0.4 is 0 Å². The number of hydrogen-bond acceptors (Lipinski definition) is 11. The highest BCUT2D eigenvalue weighted by Crippen LogP contribution is 2.70. The molecule has 5 saturated carbocycles. The second kappa shape index (κ2) is 11.7. The van der Waals surface area contributed by atoms with E-state index in [-0.39, 0.29) is 59.2 Å². The molecule has 0 bridgehead atoms. The van der Waals surface area contributed by atoms with Crippen LogP contribution in [0.3, 0.4) is 0 Å². The molecule has 5 aliphatic rings. The number of carbonyl (C=O) groups is 1. The molecule has 13 atom stereocenters. The first-order valence-electron chi connectivity index (χ1n) is 16.7. The summed E-state index contributed by atoms with van der Waals surface area (Å²) in [5, 5.41) is 12.3. The first-order valence-corrected chi connectivity index (χ1v) is 19.4. The Bertz CT molecular complexity index is 1360. The lowest BCUT2D eigenvalue weighted by atomic mass is 9.44. The molecular formula is C32H52O11S2-2. The Morgan fingerprint density at radius 1 is 0.933 bits per heavy atom. The summed E-state index contributed by atoms with van der Waals surface area (Å²) in [7, 11) is -10.4. The minimum atomic E-state index is -5.20. The van der Waals surface area contributed by atoms with E-state index in [1.807, 2.05) is 6.92 Å². The molecule has 260 valence electrons. The van der Waals surface area contributed by atoms with E-state index in [4.69, 9.17) is 13.1 Å². The van der Waals surface area contributed by atoms with Gasteiger partial charge in [-0.25, -0.2) is 16.8 Å². The standard InChI is InChI=1S/C32H54O11S2/c1-18(2)32(16-19(32)3)13-12-31(7,34)28-26(41-20(4)33)15-24-22-9-8-21-14-25(42-44(35,36)37)27(43-45(38,39)40)17-30(21,6)23(22)10-11-29(24,28)5/h18-19,21-28,34H,8-17H2,1-7H3,(H,35,36,37)(H,38,39,40)/p-2/t19?,21-,22+,23-,24-,25-,26-,27-,28-,29-,30-,31?,32?/m0/s1. The Morgan fingerprint density at radius 2 is 1.53 bits per heavy atom. The van der Waals surface area contributed by atoms with Crippen molar-refractivity contribution in [1.29, 1.82) is 0 Å². The Kier molecular flexibility index (Phi) is 9.19. The second-order valence-electron chi connectivity index (χ2n) is 16.4. The minimum Gasteiger partial charge on any atom is -0.726 e. The lowest BCUT2D eigenvalue weighted by molar-refractivity contribution is -0.171. The number of ether oxygens (including phenoxy) is 1. The topological polar surface area (TPSA) is 179 Å². The molecule has 0 heterocycles. The molecule has 0 saturated heterocycles. The number of rotatable bonds is 10. The highest BCUT2D eigenvalue weighted by atomic mass is 32.3. The van der Waals surface area contributed by atoms with E-state index in [0.717, 1.165) is 32.1 Å². The van der Waals surface area contributed by atoms with Crippen molar-refractivity contribution in [2.75, 3.05) is 0 Å². The highest BCUT2D eigenvalue weighted by Gasteiger charge is 2.67. The van der Waals surface area contributed by atoms with Gasteiger partial charge in [0.1, 0.15) is 18.3 Å². The Balaban J connectivity index is 1.43. The Morgan fingerprint density at radius 3 is 2.07 bits per heavy atom. The number of esters is 1. The highest BCUT2D eigenvalue weighted by molar-refractivity contribution is 7.81. The van der Waals surface area contributed by atoms with Gasteiger partial charge in [0.15, 0.2) is 0 Å². The molecule has 0 aliphatic heterocycles. The molecule has 0 aromatic heterocycles. The van der Waals surface area contributed by atoms with Crippen molar-refractivity contribution in [3.63, 3.8) is 0 Å². The van der Waals surface area contributed by atoms with E-state index in [9.17, 15) is 35.8 Å². The molecule has 45 heavy (non-hydrogen) atoms. The van der Waals surface area contributed by atoms with Crippen LogP contribution >= 0.6 is 0 Å². The maximum Gasteiger partial charge on any atom is 0.302 e. The summed E-state index contributed by atoms with van der Waals surface area (Å²) in [6.07, 6.45) is 3.37. The van der Waals surface area contributed by atoms with Crippen molar-refractivity contribution in [3.8, 4) is 0 Å². The van der Waals surface area contributed by atoms with Crippen LogP contribution in [0.2, 0.25) is 0 Å².